The summed E-state index contributed by atoms with van der Waals surface area (Å²) in [6.45, 7) is 0. The molecule has 1 amide bonds. The molecule has 4 rings (SSSR count). The molecule has 1 unspecified atom stereocenters. The number of carbonyl (C=O) groups is 1. The smallest absolute Gasteiger partial charge is 0.237 e. The first-order valence-corrected chi connectivity index (χ1v) is 12.5. The van der Waals surface area contributed by atoms with Crippen LogP contribution in [0.4, 0.5) is 5.69 Å². The van der Waals surface area contributed by atoms with Crippen LogP contribution in [0.25, 0.3) is 11.3 Å². The van der Waals surface area contributed by atoms with Crippen LogP contribution in [0.3, 0.4) is 0 Å². The monoisotopic (exact) mass is 441 g/mol. The van der Waals surface area contributed by atoms with Gasteiger partial charge in [-0.3, -0.25) is 4.79 Å². The van der Waals surface area contributed by atoms with Crippen LogP contribution in [0.1, 0.15) is 6.42 Å². The van der Waals surface area contributed by atoms with Gasteiger partial charge in [-0.05, 0) is 24.1 Å². The number of amides is 1. The first-order valence-electron chi connectivity index (χ1n) is 9.72. The summed E-state index contributed by atoms with van der Waals surface area (Å²) in [6.07, 6.45) is 2.27. The van der Waals surface area contributed by atoms with E-state index >= 15 is 0 Å². The molecule has 3 aromatic rings. The second-order valence-electron chi connectivity index (χ2n) is 7.30. The van der Waals surface area contributed by atoms with Gasteiger partial charge in [-0.2, -0.15) is 0 Å². The number of carbonyl (C=O) groups excluding carboxylic acids is 1. The van der Waals surface area contributed by atoms with E-state index in [1.165, 1.54) is 11.8 Å². The Bertz CT molecular complexity index is 1130. The van der Waals surface area contributed by atoms with Crippen molar-refractivity contribution in [2.45, 2.75) is 17.6 Å². The van der Waals surface area contributed by atoms with Crippen LogP contribution in [0, 0.1) is 0 Å². The molecule has 1 atom stereocenters. The first-order chi connectivity index (χ1) is 14.4. The average molecular weight is 442 g/mol. The minimum Gasteiger partial charge on any atom is -0.322 e. The minimum atomic E-state index is -3.10. The topological polar surface area (TPSA) is 72.3 Å². The number of imidazole rings is 1. The van der Waals surface area contributed by atoms with Crippen molar-refractivity contribution < 1.29 is 13.2 Å². The third-order valence-corrected chi connectivity index (χ3v) is 8.00. The van der Waals surface area contributed by atoms with E-state index in [9.17, 15) is 13.2 Å². The molecule has 0 spiro atoms. The van der Waals surface area contributed by atoms with Crippen LogP contribution in [-0.4, -0.2) is 47.2 Å². The van der Waals surface area contributed by atoms with Crippen LogP contribution in [0.5, 0.6) is 0 Å². The highest BCUT2D eigenvalue weighted by atomic mass is 32.2. The quantitative estimate of drug-likeness (QED) is 0.548. The molecule has 2 aromatic carbocycles. The second kappa shape index (κ2) is 8.65. The summed E-state index contributed by atoms with van der Waals surface area (Å²) in [5.41, 5.74) is 2.77. The summed E-state index contributed by atoms with van der Waals surface area (Å²) >= 11 is 1.36. The Hall–Kier alpha value is -2.58. The number of thioether (sulfide) groups is 1. The Labute approximate surface area is 180 Å². The molecule has 0 saturated carbocycles. The van der Waals surface area contributed by atoms with Gasteiger partial charge in [0.1, 0.15) is 0 Å². The SMILES string of the molecule is Cn1c(-c2ccccc2)cnc1SCC(=O)N(c1ccccc1)C1CCS(=O)(=O)C1. The van der Waals surface area contributed by atoms with Crippen molar-refractivity contribution in [3.63, 3.8) is 0 Å². The highest BCUT2D eigenvalue weighted by Gasteiger charge is 2.35. The normalized spacial score (nSPS) is 17.7. The molecule has 0 aliphatic carbocycles. The van der Waals surface area contributed by atoms with E-state index in [0.717, 1.165) is 22.1 Å². The molecule has 30 heavy (non-hydrogen) atoms. The van der Waals surface area contributed by atoms with Gasteiger partial charge in [0, 0.05) is 12.7 Å². The van der Waals surface area contributed by atoms with Crippen molar-refractivity contribution in [3.8, 4) is 11.3 Å². The zero-order chi connectivity index (χ0) is 21.1. The second-order valence-corrected chi connectivity index (χ2v) is 10.5. The van der Waals surface area contributed by atoms with Gasteiger partial charge in [0.15, 0.2) is 15.0 Å². The maximum atomic E-state index is 13.2. The van der Waals surface area contributed by atoms with E-state index in [2.05, 4.69) is 4.98 Å². The minimum absolute atomic E-state index is 0.0128. The summed E-state index contributed by atoms with van der Waals surface area (Å²) in [4.78, 5) is 19.3. The van der Waals surface area contributed by atoms with Crippen molar-refractivity contribution in [1.82, 2.24) is 9.55 Å². The zero-order valence-electron chi connectivity index (χ0n) is 16.6. The number of rotatable bonds is 6. The fourth-order valence-electron chi connectivity index (χ4n) is 3.73. The Kier molecular flexibility index (Phi) is 5.97. The van der Waals surface area contributed by atoms with Gasteiger partial charge in [0.2, 0.25) is 5.91 Å². The van der Waals surface area contributed by atoms with E-state index in [1.807, 2.05) is 72.3 Å². The number of anilines is 1. The lowest BCUT2D eigenvalue weighted by molar-refractivity contribution is -0.116. The van der Waals surface area contributed by atoms with Crippen molar-refractivity contribution in [3.05, 3.63) is 66.9 Å². The Morgan fingerprint density at radius 1 is 1.13 bits per heavy atom. The maximum absolute atomic E-state index is 13.2. The number of aromatic nitrogens is 2. The van der Waals surface area contributed by atoms with Gasteiger partial charge in [0.05, 0.1) is 35.2 Å². The van der Waals surface area contributed by atoms with E-state index in [1.54, 1.807) is 11.1 Å². The fourth-order valence-corrected chi connectivity index (χ4v) is 6.24. The predicted octanol–water partition coefficient (Wildman–Crippen LogP) is 3.40. The number of benzene rings is 2. The van der Waals surface area contributed by atoms with Crippen molar-refractivity contribution in [1.29, 1.82) is 0 Å². The highest BCUT2D eigenvalue weighted by molar-refractivity contribution is 7.99. The lowest BCUT2D eigenvalue weighted by Crippen LogP contribution is -2.42. The summed E-state index contributed by atoms with van der Waals surface area (Å²) in [5.74, 6) is 0.211. The highest BCUT2D eigenvalue weighted by Crippen LogP contribution is 2.28. The van der Waals surface area contributed by atoms with Crippen molar-refractivity contribution >= 4 is 33.2 Å². The molecule has 1 fully saturated rings. The van der Waals surface area contributed by atoms with Crippen molar-refractivity contribution in [2.24, 2.45) is 7.05 Å². The molecule has 1 aliphatic heterocycles. The Balaban J connectivity index is 1.52. The van der Waals surface area contributed by atoms with Gasteiger partial charge in [0.25, 0.3) is 0 Å². The van der Waals surface area contributed by atoms with E-state index in [-0.39, 0.29) is 29.2 Å². The van der Waals surface area contributed by atoms with Crippen LogP contribution >= 0.6 is 11.8 Å². The molecule has 0 radical (unpaired) electrons. The molecular weight excluding hydrogens is 418 g/mol. The van der Waals surface area contributed by atoms with Crippen LogP contribution in [0.15, 0.2) is 72.0 Å². The molecule has 8 heteroatoms. The van der Waals surface area contributed by atoms with Crippen LogP contribution in [-0.2, 0) is 21.7 Å². The average Bonchev–Trinajstić information content (AvgIpc) is 3.29. The molecule has 6 nitrogen and oxygen atoms in total. The van der Waals surface area contributed by atoms with E-state index in [0.29, 0.717) is 6.42 Å². The number of hydrogen-bond acceptors (Lipinski definition) is 5. The summed E-state index contributed by atoms with van der Waals surface area (Å²) in [6, 6.07) is 18.9. The molecule has 1 aromatic heterocycles. The van der Waals surface area contributed by atoms with Gasteiger partial charge in [-0.15, -0.1) is 0 Å². The number of nitrogens with zero attached hydrogens (tertiary/aromatic N) is 3. The fraction of sp³-hybridized carbons (Fsp3) is 0.273. The predicted molar refractivity (Wildman–Crippen MR) is 120 cm³/mol. The van der Waals surface area contributed by atoms with Crippen molar-refractivity contribution in [2.75, 3.05) is 22.2 Å². The molecular formula is C22H23N3O3S2. The van der Waals surface area contributed by atoms with Gasteiger partial charge in [-0.25, -0.2) is 13.4 Å². The van der Waals surface area contributed by atoms with E-state index < -0.39 is 9.84 Å². The first kappa shape index (κ1) is 20.7. The molecule has 0 N–H and O–H groups in total. The molecule has 156 valence electrons. The molecule has 1 saturated heterocycles. The Morgan fingerprint density at radius 2 is 1.80 bits per heavy atom. The van der Waals surface area contributed by atoms with Gasteiger partial charge < -0.3 is 9.47 Å². The van der Waals surface area contributed by atoms with Crippen LogP contribution < -0.4 is 4.90 Å². The molecule has 1 aliphatic rings. The lowest BCUT2D eigenvalue weighted by atomic mass is 10.2. The van der Waals surface area contributed by atoms with Crippen LogP contribution in [0.2, 0.25) is 0 Å². The third-order valence-electron chi connectivity index (χ3n) is 5.22. The number of sulfone groups is 1. The molecule has 0 bridgehead atoms. The summed E-state index contributed by atoms with van der Waals surface area (Å²) < 4.78 is 26.0. The lowest BCUT2D eigenvalue weighted by Gasteiger charge is -2.28. The van der Waals surface area contributed by atoms with Gasteiger partial charge in [-0.1, -0.05) is 60.3 Å². The molecule has 2 heterocycles. The summed E-state index contributed by atoms with van der Waals surface area (Å²) in [5, 5.41) is 0.745. The number of para-hydroxylation sites is 1. The zero-order valence-corrected chi connectivity index (χ0v) is 18.3. The standard InChI is InChI=1S/C22H23N3O3S2/c1-24-20(17-8-4-2-5-9-17)14-23-22(24)29-15-21(26)25(18-10-6-3-7-11-18)19-12-13-30(27,28)16-19/h2-11,14,19H,12-13,15-16H2,1H3. The maximum Gasteiger partial charge on any atom is 0.237 e. The number of hydrogen-bond donors (Lipinski definition) is 0. The Morgan fingerprint density at radius 3 is 2.43 bits per heavy atom. The third kappa shape index (κ3) is 4.44. The van der Waals surface area contributed by atoms with Gasteiger partial charge >= 0.3 is 0 Å². The van der Waals surface area contributed by atoms with E-state index in [4.69, 9.17) is 0 Å². The summed E-state index contributed by atoms with van der Waals surface area (Å²) in [7, 11) is -1.17. The largest absolute Gasteiger partial charge is 0.322 e.